The molecule has 2 heterocycles. The lowest BCUT2D eigenvalue weighted by atomic mass is 10.3. The highest BCUT2D eigenvalue weighted by atomic mass is 32.2. The van der Waals surface area contributed by atoms with Gasteiger partial charge in [-0.15, -0.1) is 0 Å². The fourth-order valence-corrected chi connectivity index (χ4v) is 3.08. The maximum absolute atomic E-state index is 12.0. The van der Waals surface area contributed by atoms with Crippen LogP contribution in [0.3, 0.4) is 0 Å². The molecule has 17 heavy (non-hydrogen) atoms. The van der Waals surface area contributed by atoms with Crippen molar-refractivity contribution in [1.82, 2.24) is 9.29 Å². The van der Waals surface area contributed by atoms with Crippen LogP contribution in [0.1, 0.15) is 0 Å². The zero-order valence-corrected chi connectivity index (χ0v) is 9.59. The number of nitrogens with zero attached hydrogens (tertiary/aromatic N) is 1. The highest BCUT2D eigenvalue weighted by molar-refractivity contribution is 7.89. The number of β-amino-alcohol motifs (C(OH)–C–C–N with tert-alkyl or cyclic N) is 2. The summed E-state index contributed by atoms with van der Waals surface area (Å²) in [5, 5.41) is 18.6. The van der Waals surface area contributed by atoms with Gasteiger partial charge in [0, 0.05) is 25.4 Å². The molecule has 1 aromatic rings. The Morgan fingerprint density at radius 2 is 1.82 bits per heavy atom. The molecule has 0 saturated carbocycles. The first kappa shape index (κ1) is 12.2. The van der Waals surface area contributed by atoms with E-state index in [4.69, 9.17) is 0 Å². The molecule has 0 spiro atoms. The second-order valence-electron chi connectivity index (χ2n) is 3.85. The van der Waals surface area contributed by atoms with Gasteiger partial charge in [0.05, 0.1) is 17.1 Å². The van der Waals surface area contributed by atoms with Gasteiger partial charge in [-0.1, -0.05) is 0 Å². The van der Waals surface area contributed by atoms with Gasteiger partial charge in [0.15, 0.2) is 0 Å². The van der Waals surface area contributed by atoms with Crippen LogP contribution in [-0.4, -0.2) is 53.2 Å². The lowest BCUT2D eigenvalue weighted by Gasteiger charge is -2.14. The topological polar surface area (TPSA) is 111 Å². The average molecular weight is 260 g/mol. The number of pyridine rings is 1. The van der Waals surface area contributed by atoms with Crippen molar-refractivity contribution >= 4 is 10.0 Å². The summed E-state index contributed by atoms with van der Waals surface area (Å²) in [4.78, 5) is 13.0. The molecule has 1 aliphatic rings. The van der Waals surface area contributed by atoms with E-state index in [-0.39, 0.29) is 18.0 Å². The molecule has 0 bridgehead atoms. The zero-order chi connectivity index (χ0) is 12.6. The SMILES string of the molecule is O=c1ccc(S(=O)(=O)N2CC(O)C(O)C2)c[nH]1. The number of sulfonamides is 1. The number of hydrogen-bond acceptors (Lipinski definition) is 5. The van der Waals surface area contributed by atoms with Gasteiger partial charge in [-0.05, 0) is 6.07 Å². The van der Waals surface area contributed by atoms with Crippen LogP contribution in [0, 0.1) is 0 Å². The maximum atomic E-state index is 12.0. The minimum atomic E-state index is -3.78. The van der Waals surface area contributed by atoms with Crippen LogP contribution >= 0.6 is 0 Å². The molecule has 2 rings (SSSR count). The van der Waals surface area contributed by atoms with Gasteiger partial charge in [-0.25, -0.2) is 8.42 Å². The highest BCUT2D eigenvalue weighted by Crippen LogP contribution is 2.20. The fraction of sp³-hybridized carbons (Fsp3) is 0.444. The number of aromatic nitrogens is 1. The predicted octanol–water partition coefficient (Wildman–Crippen LogP) is -1.90. The van der Waals surface area contributed by atoms with Gasteiger partial charge in [0.1, 0.15) is 0 Å². The molecular weight excluding hydrogens is 248 g/mol. The molecule has 1 saturated heterocycles. The van der Waals surface area contributed by atoms with Crippen molar-refractivity contribution in [2.24, 2.45) is 0 Å². The number of nitrogens with one attached hydrogen (secondary N) is 1. The van der Waals surface area contributed by atoms with E-state index >= 15 is 0 Å². The molecule has 2 unspecified atom stereocenters. The number of hydrogen-bond donors (Lipinski definition) is 3. The largest absolute Gasteiger partial charge is 0.389 e. The van der Waals surface area contributed by atoms with Crippen molar-refractivity contribution in [2.45, 2.75) is 17.1 Å². The Kier molecular flexibility index (Phi) is 3.04. The summed E-state index contributed by atoms with van der Waals surface area (Å²) in [5.74, 6) is 0. The van der Waals surface area contributed by atoms with Crippen molar-refractivity contribution in [1.29, 1.82) is 0 Å². The lowest BCUT2D eigenvalue weighted by Crippen LogP contribution is -2.30. The molecule has 2 atom stereocenters. The van der Waals surface area contributed by atoms with Crippen LogP contribution in [0.2, 0.25) is 0 Å². The summed E-state index contributed by atoms with van der Waals surface area (Å²) in [6.45, 7) is -0.300. The molecular formula is C9H12N2O5S. The summed E-state index contributed by atoms with van der Waals surface area (Å²) in [5.41, 5.74) is -0.398. The number of H-pyrrole nitrogens is 1. The molecule has 94 valence electrons. The van der Waals surface area contributed by atoms with Crippen molar-refractivity contribution in [3.8, 4) is 0 Å². The second kappa shape index (κ2) is 4.22. The molecule has 1 fully saturated rings. The molecule has 3 N–H and O–H groups in total. The van der Waals surface area contributed by atoms with Gasteiger partial charge < -0.3 is 15.2 Å². The third-order valence-electron chi connectivity index (χ3n) is 2.62. The first-order valence-corrected chi connectivity index (χ1v) is 6.40. The third-order valence-corrected chi connectivity index (χ3v) is 4.45. The molecule has 0 aliphatic carbocycles. The summed E-state index contributed by atoms with van der Waals surface area (Å²) >= 11 is 0. The molecule has 7 nitrogen and oxygen atoms in total. The number of aliphatic hydroxyl groups is 2. The van der Waals surface area contributed by atoms with E-state index in [1.807, 2.05) is 0 Å². The van der Waals surface area contributed by atoms with E-state index in [9.17, 15) is 23.4 Å². The molecule has 0 aromatic carbocycles. The van der Waals surface area contributed by atoms with Crippen molar-refractivity contribution in [3.63, 3.8) is 0 Å². The summed E-state index contributed by atoms with van der Waals surface area (Å²) < 4.78 is 25.0. The second-order valence-corrected chi connectivity index (χ2v) is 5.78. The van der Waals surface area contributed by atoms with Gasteiger partial charge in [0.2, 0.25) is 15.6 Å². The van der Waals surface area contributed by atoms with Crippen LogP contribution in [0.5, 0.6) is 0 Å². The molecule has 1 aliphatic heterocycles. The Morgan fingerprint density at radius 1 is 1.24 bits per heavy atom. The van der Waals surface area contributed by atoms with E-state index in [0.717, 1.165) is 16.6 Å². The summed E-state index contributed by atoms with van der Waals surface area (Å²) in [6, 6.07) is 2.29. The molecule has 0 amide bonds. The monoisotopic (exact) mass is 260 g/mol. The number of aromatic amines is 1. The van der Waals surface area contributed by atoms with E-state index in [0.29, 0.717) is 0 Å². The average Bonchev–Trinajstić information content (AvgIpc) is 2.60. The van der Waals surface area contributed by atoms with Gasteiger partial charge in [0.25, 0.3) is 0 Å². The Morgan fingerprint density at radius 3 is 2.29 bits per heavy atom. The first-order valence-electron chi connectivity index (χ1n) is 4.96. The summed E-state index contributed by atoms with van der Waals surface area (Å²) in [7, 11) is -3.78. The first-order chi connectivity index (χ1) is 7.91. The number of aliphatic hydroxyl groups excluding tert-OH is 2. The van der Waals surface area contributed by atoms with E-state index < -0.39 is 27.8 Å². The Hall–Kier alpha value is -1.22. The fourth-order valence-electron chi connectivity index (χ4n) is 1.64. The van der Waals surface area contributed by atoms with Crippen molar-refractivity contribution < 1.29 is 18.6 Å². The molecule has 1 aromatic heterocycles. The van der Waals surface area contributed by atoms with Crippen LogP contribution in [0.15, 0.2) is 28.0 Å². The minimum absolute atomic E-state index is 0.0709. The van der Waals surface area contributed by atoms with E-state index in [1.54, 1.807) is 0 Å². The van der Waals surface area contributed by atoms with E-state index in [1.165, 1.54) is 6.07 Å². The van der Waals surface area contributed by atoms with Crippen LogP contribution in [-0.2, 0) is 10.0 Å². The van der Waals surface area contributed by atoms with Crippen LogP contribution < -0.4 is 5.56 Å². The minimum Gasteiger partial charge on any atom is -0.389 e. The van der Waals surface area contributed by atoms with Gasteiger partial charge in [-0.2, -0.15) is 4.31 Å². The highest BCUT2D eigenvalue weighted by Gasteiger charge is 2.37. The smallest absolute Gasteiger partial charge is 0.247 e. The van der Waals surface area contributed by atoms with Crippen LogP contribution in [0.4, 0.5) is 0 Å². The molecule has 8 heteroatoms. The number of rotatable bonds is 2. The Balaban J connectivity index is 2.31. The van der Waals surface area contributed by atoms with Crippen LogP contribution in [0.25, 0.3) is 0 Å². The zero-order valence-electron chi connectivity index (χ0n) is 8.78. The predicted molar refractivity (Wildman–Crippen MR) is 57.8 cm³/mol. The summed E-state index contributed by atoms with van der Waals surface area (Å²) in [6.07, 6.45) is -1.06. The Bertz CT molecular complexity index is 536. The van der Waals surface area contributed by atoms with Gasteiger partial charge >= 0.3 is 0 Å². The molecule has 0 radical (unpaired) electrons. The lowest BCUT2D eigenvalue weighted by molar-refractivity contribution is 0.0572. The Labute approximate surface area is 97.4 Å². The maximum Gasteiger partial charge on any atom is 0.247 e. The third kappa shape index (κ3) is 2.25. The normalized spacial score (nSPS) is 26.2. The van der Waals surface area contributed by atoms with Crippen molar-refractivity contribution in [2.75, 3.05) is 13.1 Å². The standard InChI is InChI=1S/C9H12N2O5S/c12-7-4-11(5-8(7)13)17(15,16)6-1-2-9(14)10-3-6/h1-3,7-8,12-13H,4-5H2,(H,10,14). The quantitative estimate of drug-likeness (QED) is 0.575. The van der Waals surface area contributed by atoms with E-state index in [2.05, 4.69) is 4.98 Å². The van der Waals surface area contributed by atoms with Gasteiger partial charge in [-0.3, -0.25) is 4.79 Å². The van der Waals surface area contributed by atoms with Crippen molar-refractivity contribution in [3.05, 3.63) is 28.7 Å².